The Morgan fingerprint density at radius 3 is 2.45 bits per heavy atom. The average Bonchev–Trinajstić information content (AvgIpc) is 3.26. The van der Waals surface area contributed by atoms with Crippen molar-refractivity contribution in [2.75, 3.05) is 16.8 Å². The van der Waals surface area contributed by atoms with Gasteiger partial charge in [0.1, 0.15) is 11.3 Å². The zero-order chi connectivity index (χ0) is 22.7. The first-order valence-electron chi connectivity index (χ1n) is 10.4. The molecule has 1 unspecified atom stereocenters. The fourth-order valence-electron chi connectivity index (χ4n) is 3.86. The number of nitrogens with two attached hydrogens (primary N) is 1. The lowest BCUT2D eigenvalue weighted by molar-refractivity contribution is -0.122. The summed E-state index contributed by atoms with van der Waals surface area (Å²) in [5, 5.41) is 2.54. The molecular formula is C23H27N3O5. The van der Waals surface area contributed by atoms with Gasteiger partial charge < -0.3 is 15.1 Å². The molecule has 1 aromatic carbocycles. The fraction of sp³-hybridized carbons (Fsp3) is 0.391. The van der Waals surface area contributed by atoms with Gasteiger partial charge >= 0.3 is 0 Å². The number of furan rings is 1. The lowest BCUT2D eigenvalue weighted by Gasteiger charge is -2.17. The van der Waals surface area contributed by atoms with Crippen LogP contribution in [-0.2, 0) is 16.0 Å². The number of rotatable bonds is 8. The predicted octanol–water partition coefficient (Wildman–Crippen LogP) is 3.22. The molecule has 1 aliphatic rings. The molecular weight excluding hydrogens is 398 g/mol. The predicted molar refractivity (Wildman–Crippen MR) is 116 cm³/mol. The number of carbonyl (C=O) groups is 4. The van der Waals surface area contributed by atoms with E-state index in [4.69, 9.17) is 10.2 Å². The zero-order valence-electron chi connectivity index (χ0n) is 18.0. The number of ketones is 1. The van der Waals surface area contributed by atoms with Gasteiger partial charge in [-0.05, 0) is 44.4 Å². The number of amides is 3. The Balaban J connectivity index is 1.73. The van der Waals surface area contributed by atoms with Crippen LogP contribution in [0.2, 0.25) is 0 Å². The van der Waals surface area contributed by atoms with Crippen LogP contribution in [0.15, 0.2) is 28.7 Å². The molecule has 2 aromatic rings. The summed E-state index contributed by atoms with van der Waals surface area (Å²) in [5.41, 5.74) is 7.24. The average molecular weight is 425 g/mol. The van der Waals surface area contributed by atoms with Gasteiger partial charge in [-0.2, -0.15) is 0 Å². The quantitative estimate of drug-likeness (QED) is 0.629. The van der Waals surface area contributed by atoms with Crippen molar-refractivity contribution in [1.82, 2.24) is 0 Å². The Labute approximate surface area is 180 Å². The number of primary amides is 1. The Bertz CT molecular complexity index is 1020. The van der Waals surface area contributed by atoms with Crippen molar-refractivity contribution >= 4 is 35.1 Å². The van der Waals surface area contributed by atoms with Crippen LogP contribution in [0.4, 0.5) is 11.6 Å². The number of Topliss-reactive ketones (excluding diaryl/α,β-unsaturated/α-hetero) is 1. The van der Waals surface area contributed by atoms with Crippen LogP contribution in [-0.4, -0.2) is 30.0 Å². The van der Waals surface area contributed by atoms with E-state index in [2.05, 4.69) is 12.2 Å². The molecule has 31 heavy (non-hydrogen) atoms. The standard InChI is InChI=1S/C23H27N3O5/c1-4-5-6-15-7-9-17(10-8-15)26-12-16(11-18(26)28)22(30)25-23-20(21(24)29)19(13(2)27)14(3)31-23/h7-10,16H,4-6,11-12H2,1-3H3,(H2,24,29)(H,25,30). The second kappa shape index (κ2) is 9.16. The topological polar surface area (TPSA) is 123 Å². The maximum Gasteiger partial charge on any atom is 0.255 e. The van der Waals surface area contributed by atoms with Gasteiger partial charge in [-0.15, -0.1) is 0 Å². The van der Waals surface area contributed by atoms with Crippen LogP contribution in [0.3, 0.4) is 0 Å². The van der Waals surface area contributed by atoms with Crippen molar-refractivity contribution in [3.8, 4) is 0 Å². The van der Waals surface area contributed by atoms with E-state index in [0.717, 1.165) is 24.9 Å². The maximum atomic E-state index is 12.8. The van der Waals surface area contributed by atoms with Crippen LogP contribution < -0.4 is 16.0 Å². The number of anilines is 2. The van der Waals surface area contributed by atoms with Crippen molar-refractivity contribution in [3.63, 3.8) is 0 Å². The summed E-state index contributed by atoms with van der Waals surface area (Å²) in [4.78, 5) is 50.6. The van der Waals surface area contributed by atoms with Crippen LogP contribution in [0.5, 0.6) is 0 Å². The first kappa shape index (κ1) is 22.3. The number of hydrogen-bond acceptors (Lipinski definition) is 5. The monoisotopic (exact) mass is 425 g/mol. The largest absolute Gasteiger partial charge is 0.444 e. The molecule has 3 amide bonds. The SMILES string of the molecule is CCCCc1ccc(N2CC(C(=O)Nc3oc(C)c(C(C)=O)c3C(N)=O)CC2=O)cc1. The van der Waals surface area contributed by atoms with Gasteiger partial charge in [-0.3, -0.25) is 24.5 Å². The van der Waals surface area contributed by atoms with Gasteiger partial charge in [0.05, 0.1) is 11.5 Å². The molecule has 1 aromatic heterocycles. The van der Waals surface area contributed by atoms with Gasteiger partial charge in [0, 0.05) is 18.7 Å². The van der Waals surface area contributed by atoms with Gasteiger partial charge in [0.15, 0.2) is 5.78 Å². The number of nitrogens with zero attached hydrogens (tertiary/aromatic N) is 1. The van der Waals surface area contributed by atoms with E-state index in [9.17, 15) is 19.2 Å². The summed E-state index contributed by atoms with van der Waals surface area (Å²) in [6.45, 7) is 5.16. The highest BCUT2D eigenvalue weighted by Gasteiger charge is 2.36. The third-order valence-corrected chi connectivity index (χ3v) is 5.48. The summed E-state index contributed by atoms with van der Waals surface area (Å²) >= 11 is 0. The molecule has 164 valence electrons. The number of hydrogen-bond donors (Lipinski definition) is 2. The third-order valence-electron chi connectivity index (χ3n) is 5.48. The Hall–Kier alpha value is -3.42. The number of benzene rings is 1. The fourth-order valence-corrected chi connectivity index (χ4v) is 3.86. The number of carbonyl (C=O) groups excluding carboxylic acids is 4. The molecule has 2 heterocycles. The van der Waals surface area contributed by atoms with Crippen molar-refractivity contribution in [3.05, 3.63) is 46.7 Å². The van der Waals surface area contributed by atoms with E-state index >= 15 is 0 Å². The first-order valence-corrected chi connectivity index (χ1v) is 10.4. The molecule has 8 nitrogen and oxygen atoms in total. The Morgan fingerprint density at radius 1 is 1.19 bits per heavy atom. The van der Waals surface area contributed by atoms with E-state index in [1.165, 1.54) is 19.4 Å². The van der Waals surface area contributed by atoms with E-state index in [-0.39, 0.29) is 47.4 Å². The highest BCUT2D eigenvalue weighted by molar-refractivity contribution is 6.12. The molecule has 0 radical (unpaired) electrons. The molecule has 3 rings (SSSR count). The highest BCUT2D eigenvalue weighted by atomic mass is 16.4. The van der Waals surface area contributed by atoms with E-state index < -0.39 is 17.7 Å². The second-order valence-electron chi connectivity index (χ2n) is 7.82. The molecule has 0 saturated carbocycles. The molecule has 0 spiro atoms. The van der Waals surface area contributed by atoms with Crippen LogP contribution >= 0.6 is 0 Å². The number of unbranched alkanes of at least 4 members (excludes halogenated alkanes) is 1. The van der Waals surface area contributed by atoms with Crippen LogP contribution in [0.1, 0.15) is 65.1 Å². The normalized spacial score (nSPS) is 15.9. The Morgan fingerprint density at radius 2 is 1.87 bits per heavy atom. The number of nitrogens with one attached hydrogen (secondary N) is 1. The molecule has 1 saturated heterocycles. The summed E-state index contributed by atoms with van der Waals surface area (Å²) in [7, 11) is 0. The maximum absolute atomic E-state index is 12.8. The minimum Gasteiger partial charge on any atom is -0.444 e. The van der Waals surface area contributed by atoms with E-state index in [0.29, 0.717) is 0 Å². The van der Waals surface area contributed by atoms with Crippen molar-refractivity contribution in [1.29, 1.82) is 0 Å². The second-order valence-corrected chi connectivity index (χ2v) is 7.82. The minimum absolute atomic E-state index is 0.0363. The molecule has 8 heteroatoms. The minimum atomic E-state index is -0.871. The zero-order valence-corrected chi connectivity index (χ0v) is 18.0. The van der Waals surface area contributed by atoms with Crippen LogP contribution in [0.25, 0.3) is 0 Å². The smallest absolute Gasteiger partial charge is 0.255 e. The summed E-state index contributed by atoms with van der Waals surface area (Å²) in [6.07, 6.45) is 3.25. The highest BCUT2D eigenvalue weighted by Crippen LogP contribution is 2.30. The summed E-state index contributed by atoms with van der Waals surface area (Å²) < 4.78 is 5.43. The number of aryl methyl sites for hydroxylation is 2. The van der Waals surface area contributed by atoms with E-state index in [1.54, 1.807) is 4.90 Å². The molecule has 1 aliphatic heterocycles. The van der Waals surface area contributed by atoms with Crippen LogP contribution in [0, 0.1) is 12.8 Å². The lowest BCUT2D eigenvalue weighted by atomic mass is 10.1. The van der Waals surface area contributed by atoms with Gasteiger partial charge in [-0.1, -0.05) is 25.5 Å². The lowest BCUT2D eigenvalue weighted by Crippen LogP contribution is -2.28. The summed E-state index contributed by atoms with van der Waals surface area (Å²) in [5.74, 6) is -2.47. The first-order chi connectivity index (χ1) is 14.7. The van der Waals surface area contributed by atoms with Crippen molar-refractivity contribution in [2.24, 2.45) is 11.7 Å². The summed E-state index contributed by atoms with van der Waals surface area (Å²) in [6, 6.07) is 7.78. The van der Waals surface area contributed by atoms with Gasteiger partial charge in [0.25, 0.3) is 5.91 Å². The van der Waals surface area contributed by atoms with Gasteiger partial charge in [-0.25, -0.2) is 0 Å². The molecule has 0 bridgehead atoms. The molecule has 3 N–H and O–H groups in total. The molecule has 0 aliphatic carbocycles. The van der Waals surface area contributed by atoms with Crippen molar-refractivity contribution in [2.45, 2.75) is 46.5 Å². The third kappa shape index (κ3) is 4.68. The Kier molecular flexibility index (Phi) is 6.58. The van der Waals surface area contributed by atoms with Gasteiger partial charge in [0.2, 0.25) is 17.7 Å². The van der Waals surface area contributed by atoms with E-state index in [1.807, 2.05) is 24.3 Å². The molecule has 1 fully saturated rings. The van der Waals surface area contributed by atoms with Crippen molar-refractivity contribution < 1.29 is 23.6 Å². The molecule has 1 atom stereocenters.